The van der Waals surface area contributed by atoms with Crippen molar-refractivity contribution in [3.05, 3.63) is 63.1 Å². The summed E-state index contributed by atoms with van der Waals surface area (Å²) in [4.78, 5) is 12.1. The van der Waals surface area contributed by atoms with Crippen molar-refractivity contribution in [2.75, 3.05) is 5.32 Å². The molecule has 0 atom stereocenters. The number of carbonyl (C=O) groups excluding carboxylic acids is 1. The van der Waals surface area contributed by atoms with E-state index in [-0.39, 0.29) is 11.3 Å². The number of phenols is 1. The number of nitrogens with one attached hydrogen (secondary N) is 1. The summed E-state index contributed by atoms with van der Waals surface area (Å²) in [6.07, 6.45) is 1.29. The van der Waals surface area contributed by atoms with Crippen LogP contribution in [0.15, 0.2) is 52.5 Å². The topological polar surface area (TPSA) is 73.1 Å². The number of rotatable bonds is 3. The van der Waals surface area contributed by atoms with E-state index in [2.05, 4.69) is 21.2 Å². The number of amides is 1. The van der Waals surface area contributed by atoms with E-state index in [4.69, 9.17) is 16.9 Å². The van der Waals surface area contributed by atoms with Gasteiger partial charge >= 0.3 is 0 Å². The number of aromatic hydroxyl groups is 1. The Balaban J connectivity index is 2.25. The van der Waals surface area contributed by atoms with Crippen molar-refractivity contribution < 1.29 is 9.90 Å². The lowest BCUT2D eigenvalue weighted by Crippen LogP contribution is -2.13. The minimum absolute atomic E-state index is 0.0615. The highest BCUT2D eigenvalue weighted by Gasteiger charge is 2.11. The highest BCUT2D eigenvalue weighted by atomic mass is 79.9. The maximum absolute atomic E-state index is 12.1. The molecule has 2 aromatic rings. The smallest absolute Gasteiger partial charge is 0.266 e. The van der Waals surface area contributed by atoms with Crippen LogP contribution in [0.3, 0.4) is 0 Å². The Morgan fingerprint density at radius 2 is 1.95 bits per heavy atom. The van der Waals surface area contributed by atoms with Gasteiger partial charge in [-0.2, -0.15) is 5.26 Å². The van der Waals surface area contributed by atoms with Gasteiger partial charge < -0.3 is 10.4 Å². The highest BCUT2D eigenvalue weighted by molar-refractivity contribution is 9.10. The standard InChI is InChI=1S/C16H10BrClN2O2/c17-12-1-4-14(5-2-12)20-16(22)11(9-19)7-10-8-13(18)3-6-15(10)21/h1-8,21H,(H,20,22)/b11-7-. The quantitative estimate of drug-likeness (QED) is 0.617. The number of phenolic OH excluding ortho intramolecular Hbond substituents is 1. The van der Waals surface area contributed by atoms with Crippen LogP contribution < -0.4 is 5.32 Å². The van der Waals surface area contributed by atoms with Gasteiger partial charge in [0.15, 0.2) is 0 Å². The average molecular weight is 378 g/mol. The lowest BCUT2D eigenvalue weighted by molar-refractivity contribution is -0.112. The van der Waals surface area contributed by atoms with Gasteiger partial charge in [0.1, 0.15) is 17.4 Å². The van der Waals surface area contributed by atoms with Crippen LogP contribution >= 0.6 is 27.5 Å². The zero-order chi connectivity index (χ0) is 16.1. The molecular weight excluding hydrogens is 368 g/mol. The normalized spacial score (nSPS) is 10.9. The molecular formula is C16H10BrClN2O2. The summed E-state index contributed by atoms with van der Waals surface area (Å²) < 4.78 is 0.880. The summed E-state index contributed by atoms with van der Waals surface area (Å²) in [5.41, 5.74) is 0.722. The van der Waals surface area contributed by atoms with Gasteiger partial charge in [-0.3, -0.25) is 4.79 Å². The first-order chi connectivity index (χ1) is 10.5. The number of carbonyl (C=O) groups is 1. The molecule has 0 aliphatic rings. The molecule has 0 aliphatic heterocycles. The molecule has 0 radical (unpaired) electrons. The molecule has 4 nitrogen and oxygen atoms in total. The SMILES string of the molecule is N#C/C(=C/c1cc(Cl)ccc1O)C(=O)Nc1ccc(Br)cc1. The third-order valence-corrected chi connectivity index (χ3v) is 3.52. The molecule has 22 heavy (non-hydrogen) atoms. The maximum Gasteiger partial charge on any atom is 0.266 e. The number of nitriles is 1. The second-order valence-corrected chi connectivity index (χ2v) is 5.69. The number of hydrogen-bond donors (Lipinski definition) is 2. The second-order valence-electron chi connectivity index (χ2n) is 4.33. The first kappa shape index (κ1) is 16.1. The number of anilines is 1. The molecule has 0 aliphatic carbocycles. The second kappa shape index (κ2) is 7.12. The molecule has 0 saturated heterocycles. The summed E-state index contributed by atoms with van der Waals surface area (Å²) in [5, 5.41) is 21.9. The summed E-state index contributed by atoms with van der Waals surface area (Å²) >= 11 is 9.14. The van der Waals surface area contributed by atoms with Crippen molar-refractivity contribution in [2.24, 2.45) is 0 Å². The fraction of sp³-hybridized carbons (Fsp3) is 0. The molecule has 1 amide bonds. The van der Waals surface area contributed by atoms with Crippen molar-refractivity contribution >= 4 is 45.2 Å². The van der Waals surface area contributed by atoms with Gasteiger partial charge in [-0.15, -0.1) is 0 Å². The fourth-order valence-corrected chi connectivity index (χ4v) is 2.12. The zero-order valence-electron chi connectivity index (χ0n) is 11.2. The predicted octanol–water partition coefficient (Wildman–Crippen LogP) is 4.35. The van der Waals surface area contributed by atoms with Crippen LogP contribution in [0.5, 0.6) is 5.75 Å². The zero-order valence-corrected chi connectivity index (χ0v) is 13.5. The monoisotopic (exact) mass is 376 g/mol. The Morgan fingerprint density at radius 1 is 1.27 bits per heavy atom. The first-order valence-corrected chi connectivity index (χ1v) is 7.34. The lowest BCUT2D eigenvalue weighted by Gasteiger charge is -2.05. The van der Waals surface area contributed by atoms with Crippen LogP contribution in [0, 0.1) is 11.3 Å². The molecule has 0 fully saturated rings. The average Bonchev–Trinajstić information content (AvgIpc) is 2.50. The largest absolute Gasteiger partial charge is 0.507 e. The van der Waals surface area contributed by atoms with E-state index >= 15 is 0 Å². The van der Waals surface area contributed by atoms with Crippen LogP contribution in [0.1, 0.15) is 5.56 Å². The third kappa shape index (κ3) is 4.10. The van der Waals surface area contributed by atoms with Gasteiger partial charge in [0.05, 0.1) is 0 Å². The molecule has 0 spiro atoms. The molecule has 2 N–H and O–H groups in total. The van der Waals surface area contributed by atoms with Crippen LogP contribution in [0.2, 0.25) is 5.02 Å². The Kier molecular flexibility index (Phi) is 5.21. The molecule has 6 heteroatoms. The highest BCUT2D eigenvalue weighted by Crippen LogP contribution is 2.24. The molecule has 0 bridgehead atoms. The summed E-state index contributed by atoms with van der Waals surface area (Å²) in [6.45, 7) is 0. The van der Waals surface area contributed by atoms with Gasteiger partial charge in [0.25, 0.3) is 5.91 Å². The molecule has 0 unspecified atom stereocenters. The number of benzene rings is 2. The van der Waals surface area contributed by atoms with Crippen molar-refractivity contribution in [3.63, 3.8) is 0 Å². The van der Waals surface area contributed by atoms with E-state index in [1.165, 1.54) is 24.3 Å². The van der Waals surface area contributed by atoms with Gasteiger partial charge in [-0.1, -0.05) is 27.5 Å². The number of nitrogens with zero attached hydrogens (tertiary/aromatic N) is 1. The minimum atomic E-state index is -0.566. The van der Waals surface area contributed by atoms with Crippen molar-refractivity contribution in [3.8, 4) is 11.8 Å². The van der Waals surface area contributed by atoms with Crippen molar-refractivity contribution in [1.29, 1.82) is 5.26 Å². The molecule has 2 aromatic carbocycles. The van der Waals surface area contributed by atoms with Crippen LogP contribution in [-0.4, -0.2) is 11.0 Å². The Labute approximate surface area is 140 Å². The summed E-state index contributed by atoms with van der Waals surface area (Å²) in [7, 11) is 0. The van der Waals surface area contributed by atoms with Gasteiger partial charge in [-0.05, 0) is 48.5 Å². The van der Waals surface area contributed by atoms with E-state index in [9.17, 15) is 9.90 Å². The van der Waals surface area contributed by atoms with Gasteiger partial charge in [-0.25, -0.2) is 0 Å². The van der Waals surface area contributed by atoms with Crippen molar-refractivity contribution in [2.45, 2.75) is 0 Å². The summed E-state index contributed by atoms with van der Waals surface area (Å²) in [5.74, 6) is -0.627. The minimum Gasteiger partial charge on any atom is -0.507 e. The van der Waals surface area contributed by atoms with E-state index in [1.54, 1.807) is 24.3 Å². The van der Waals surface area contributed by atoms with Gasteiger partial charge in [0, 0.05) is 20.7 Å². The van der Waals surface area contributed by atoms with Crippen molar-refractivity contribution in [1.82, 2.24) is 0 Å². The van der Waals surface area contributed by atoms with E-state index in [0.29, 0.717) is 16.3 Å². The summed E-state index contributed by atoms with van der Waals surface area (Å²) in [6, 6.07) is 13.2. The Morgan fingerprint density at radius 3 is 2.59 bits per heavy atom. The Hall–Kier alpha value is -2.29. The molecule has 0 saturated carbocycles. The first-order valence-electron chi connectivity index (χ1n) is 6.17. The maximum atomic E-state index is 12.1. The van der Waals surface area contributed by atoms with Crippen LogP contribution in [0.4, 0.5) is 5.69 Å². The molecule has 0 heterocycles. The van der Waals surface area contributed by atoms with Gasteiger partial charge in [0.2, 0.25) is 0 Å². The van der Waals surface area contributed by atoms with Crippen LogP contribution in [-0.2, 0) is 4.79 Å². The lowest BCUT2D eigenvalue weighted by atomic mass is 10.1. The third-order valence-electron chi connectivity index (χ3n) is 2.76. The molecule has 0 aromatic heterocycles. The Bertz CT molecular complexity index is 780. The van der Waals surface area contributed by atoms with E-state index in [0.717, 1.165) is 4.47 Å². The number of hydrogen-bond acceptors (Lipinski definition) is 3. The van der Waals surface area contributed by atoms with E-state index < -0.39 is 5.91 Å². The number of halogens is 2. The van der Waals surface area contributed by atoms with Crippen LogP contribution in [0.25, 0.3) is 6.08 Å². The molecule has 2 rings (SSSR count). The predicted molar refractivity (Wildman–Crippen MR) is 89.5 cm³/mol. The molecule has 110 valence electrons. The fourth-order valence-electron chi connectivity index (χ4n) is 1.68. The van der Waals surface area contributed by atoms with E-state index in [1.807, 2.05) is 6.07 Å².